The first-order chi connectivity index (χ1) is 8.56. The molecule has 2 aromatic rings. The molecule has 0 amide bonds. The van der Waals surface area contributed by atoms with Crippen LogP contribution in [0.3, 0.4) is 0 Å². The summed E-state index contributed by atoms with van der Waals surface area (Å²) in [7, 11) is 0. The van der Waals surface area contributed by atoms with Gasteiger partial charge in [-0.05, 0) is 36.4 Å². The first-order valence-electron chi connectivity index (χ1n) is 5.18. The van der Waals surface area contributed by atoms with Crippen molar-refractivity contribution in [1.82, 2.24) is 0 Å². The Hall–Kier alpha value is -1.26. The highest BCUT2D eigenvalue weighted by molar-refractivity contribution is 9.10. The van der Waals surface area contributed by atoms with E-state index in [2.05, 4.69) is 15.9 Å². The van der Waals surface area contributed by atoms with Gasteiger partial charge >= 0.3 is 0 Å². The molecule has 0 saturated carbocycles. The number of halogens is 3. The summed E-state index contributed by atoms with van der Waals surface area (Å²) >= 11 is 9.10. The van der Waals surface area contributed by atoms with Crippen molar-refractivity contribution in [3.8, 4) is 5.75 Å². The number of anilines is 1. The van der Waals surface area contributed by atoms with Gasteiger partial charge in [0.15, 0.2) is 0 Å². The molecule has 2 aromatic carbocycles. The number of benzene rings is 2. The van der Waals surface area contributed by atoms with Crippen LogP contribution in [-0.2, 0) is 6.61 Å². The summed E-state index contributed by atoms with van der Waals surface area (Å²) in [6.07, 6.45) is 0. The normalized spacial score (nSPS) is 10.4. The maximum Gasteiger partial charge on any atom is 0.142 e. The van der Waals surface area contributed by atoms with Crippen LogP contribution in [-0.4, -0.2) is 0 Å². The second kappa shape index (κ2) is 5.59. The number of hydrogen-bond donors (Lipinski definition) is 1. The molecule has 18 heavy (non-hydrogen) atoms. The molecule has 5 heteroatoms. The van der Waals surface area contributed by atoms with E-state index in [0.29, 0.717) is 22.0 Å². The third kappa shape index (κ3) is 3.15. The summed E-state index contributed by atoms with van der Waals surface area (Å²) in [6.45, 7) is 0.0816. The van der Waals surface area contributed by atoms with Crippen molar-refractivity contribution in [3.05, 3.63) is 57.3 Å². The summed E-state index contributed by atoms with van der Waals surface area (Å²) < 4.78 is 19.8. The van der Waals surface area contributed by atoms with E-state index in [1.807, 2.05) is 0 Å². The first-order valence-corrected chi connectivity index (χ1v) is 6.35. The fraction of sp³-hybridized carbons (Fsp3) is 0.0769. The number of rotatable bonds is 3. The van der Waals surface area contributed by atoms with Gasteiger partial charge in [0, 0.05) is 15.1 Å². The molecule has 0 aliphatic heterocycles. The van der Waals surface area contributed by atoms with Crippen LogP contribution in [0.5, 0.6) is 5.75 Å². The van der Waals surface area contributed by atoms with Gasteiger partial charge in [-0.15, -0.1) is 0 Å². The van der Waals surface area contributed by atoms with Crippen molar-refractivity contribution in [3.63, 3.8) is 0 Å². The Morgan fingerprint density at radius 2 is 2.00 bits per heavy atom. The zero-order valence-electron chi connectivity index (χ0n) is 9.29. The predicted molar refractivity (Wildman–Crippen MR) is 74.3 cm³/mol. The van der Waals surface area contributed by atoms with Crippen molar-refractivity contribution in [2.45, 2.75) is 6.61 Å². The second-order valence-corrected chi connectivity index (χ2v) is 5.06. The Kier molecular flexibility index (Phi) is 4.09. The Balaban J connectivity index is 2.13. The van der Waals surface area contributed by atoms with Gasteiger partial charge < -0.3 is 10.5 Å². The summed E-state index contributed by atoms with van der Waals surface area (Å²) in [5.41, 5.74) is 6.66. The van der Waals surface area contributed by atoms with E-state index in [0.717, 1.165) is 4.47 Å². The highest BCUT2D eigenvalue weighted by Crippen LogP contribution is 2.26. The number of hydrogen-bond acceptors (Lipinski definition) is 2. The topological polar surface area (TPSA) is 35.2 Å². The molecule has 0 saturated heterocycles. The Bertz CT molecular complexity index is 577. The Morgan fingerprint density at radius 3 is 2.72 bits per heavy atom. The minimum Gasteiger partial charge on any atom is -0.487 e. The van der Waals surface area contributed by atoms with Crippen LogP contribution in [0.1, 0.15) is 5.56 Å². The first kappa shape index (κ1) is 13.2. The molecule has 2 nitrogen and oxygen atoms in total. The Labute approximate surface area is 118 Å². The molecule has 2 N–H and O–H groups in total. The molecule has 0 aliphatic carbocycles. The molecule has 0 bridgehead atoms. The molecule has 0 fully saturated rings. The lowest BCUT2D eigenvalue weighted by atomic mass is 10.2. The molecule has 0 radical (unpaired) electrons. The summed E-state index contributed by atoms with van der Waals surface area (Å²) in [6, 6.07) is 9.60. The van der Waals surface area contributed by atoms with E-state index in [-0.39, 0.29) is 12.4 Å². The molecule has 2 rings (SSSR count). The second-order valence-electron chi connectivity index (χ2n) is 3.71. The van der Waals surface area contributed by atoms with Crippen LogP contribution in [0.4, 0.5) is 10.1 Å². The van der Waals surface area contributed by atoms with Crippen molar-refractivity contribution in [2.24, 2.45) is 0 Å². The standard InChI is InChI=1S/C13H10BrClFNO/c14-9-1-4-13(12(17)6-9)18-7-8-5-10(15)2-3-11(8)16/h1-6H,7,17H2. The van der Waals surface area contributed by atoms with Gasteiger partial charge in [0.05, 0.1) is 5.69 Å². The quantitative estimate of drug-likeness (QED) is 0.846. The zero-order chi connectivity index (χ0) is 13.1. The van der Waals surface area contributed by atoms with Crippen LogP contribution >= 0.6 is 27.5 Å². The SMILES string of the molecule is Nc1cc(Br)ccc1OCc1cc(Cl)ccc1F. The largest absolute Gasteiger partial charge is 0.487 e. The predicted octanol–water partition coefficient (Wildman–Crippen LogP) is 4.40. The van der Waals surface area contributed by atoms with Crippen molar-refractivity contribution >= 4 is 33.2 Å². The highest BCUT2D eigenvalue weighted by atomic mass is 79.9. The van der Waals surface area contributed by atoms with Crippen LogP contribution in [0, 0.1) is 5.82 Å². The van der Waals surface area contributed by atoms with Gasteiger partial charge in [-0.25, -0.2) is 4.39 Å². The van der Waals surface area contributed by atoms with E-state index >= 15 is 0 Å². The minimum atomic E-state index is -0.352. The third-order valence-electron chi connectivity index (χ3n) is 2.36. The molecular formula is C13H10BrClFNO. The average Bonchev–Trinajstić information content (AvgIpc) is 2.32. The van der Waals surface area contributed by atoms with E-state index in [1.54, 1.807) is 18.2 Å². The van der Waals surface area contributed by atoms with Gasteiger partial charge in [-0.1, -0.05) is 27.5 Å². The van der Waals surface area contributed by atoms with Gasteiger partial charge in [0.25, 0.3) is 0 Å². The lowest BCUT2D eigenvalue weighted by Gasteiger charge is -2.10. The smallest absolute Gasteiger partial charge is 0.142 e. The molecule has 0 spiro atoms. The minimum absolute atomic E-state index is 0.0816. The van der Waals surface area contributed by atoms with Gasteiger partial charge in [-0.3, -0.25) is 0 Å². The van der Waals surface area contributed by atoms with Crippen LogP contribution in [0.15, 0.2) is 40.9 Å². The van der Waals surface area contributed by atoms with E-state index in [4.69, 9.17) is 22.1 Å². The van der Waals surface area contributed by atoms with E-state index < -0.39 is 0 Å². The molecule has 0 aromatic heterocycles. The van der Waals surface area contributed by atoms with Gasteiger partial charge in [-0.2, -0.15) is 0 Å². The van der Waals surface area contributed by atoms with Crippen molar-refractivity contribution in [1.29, 1.82) is 0 Å². The maximum atomic E-state index is 13.5. The number of ether oxygens (including phenoxy) is 1. The fourth-order valence-electron chi connectivity index (χ4n) is 1.46. The maximum absolute atomic E-state index is 13.5. The van der Waals surface area contributed by atoms with Gasteiger partial charge in [0.2, 0.25) is 0 Å². The molecule has 0 unspecified atom stereocenters. The van der Waals surface area contributed by atoms with Crippen molar-refractivity contribution < 1.29 is 9.13 Å². The van der Waals surface area contributed by atoms with Crippen LogP contribution < -0.4 is 10.5 Å². The van der Waals surface area contributed by atoms with Crippen LogP contribution in [0.2, 0.25) is 5.02 Å². The van der Waals surface area contributed by atoms with E-state index in [1.165, 1.54) is 18.2 Å². The van der Waals surface area contributed by atoms with E-state index in [9.17, 15) is 4.39 Å². The molecule has 0 heterocycles. The zero-order valence-corrected chi connectivity index (χ0v) is 11.6. The Morgan fingerprint density at radius 1 is 1.22 bits per heavy atom. The lowest BCUT2D eigenvalue weighted by molar-refractivity contribution is 0.301. The number of nitrogens with two attached hydrogens (primary N) is 1. The molecule has 0 atom stereocenters. The summed E-state index contributed by atoms with van der Waals surface area (Å²) in [5.74, 6) is 0.160. The molecule has 94 valence electrons. The number of nitrogen functional groups attached to an aromatic ring is 1. The monoisotopic (exact) mass is 329 g/mol. The third-order valence-corrected chi connectivity index (χ3v) is 3.09. The van der Waals surface area contributed by atoms with Gasteiger partial charge in [0.1, 0.15) is 18.2 Å². The van der Waals surface area contributed by atoms with Crippen LogP contribution in [0.25, 0.3) is 0 Å². The molecular weight excluding hydrogens is 321 g/mol. The summed E-state index contributed by atoms with van der Waals surface area (Å²) in [5, 5.41) is 0.471. The average molecular weight is 331 g/mol. The summed E-state index contributed by atoms with van der Waals surface area (Å²) in [4.78, 5) is 0. The highest BCUT2D eigenvalue weighted by Gasteiger charge is 2.06. The van der Waals surface area contributed by atoms with Crippen molar-refractivity contribution in [2.75, 3.05) is 5.73 Å². The fourth-order valence-corrected chi connectivity index (χ4v) is 2.03. The molecule has 0 aliphatic rings. The lowest BCUT2D eigenvalue weighted by Crippen LogP contribution is -2.00.